The van der Waals surface area contributed by atoms with E-state index in [2.05, 4.69) is 55.3 Å². The van der Waals surface area contributed by atoms with Crippen LogP contribution >= 0.6 is 23.1 Å². The van der Waals surface area contributed by atoms with Crippen molar-refractivity contribution in [2.75, 3.05) is 11.2 Å². The van der Waals surface area contributed by atoms with E-state index in [9.17, 15) is 9.59 Å². The predicted octanol–water partition coefficient (Wildman–Crippen LogP) is 5.94. The molecule has 2 heterocycles. The first kappa shape index (κ1) is 25.0. The van der Waals surface area contributed by atoms with Crippen molar-refractivity contribution in [2.24, 2.45) is 0 Å². The number of nitrogens with one attached hydrogen (secondary N) is 1. The summed E-state index contributed by atoms with van der Waals surface area (Å²) in [6, 6.07) is 14.3. The van der Waals surface area contributed by atoms with Crippen LogP contribution in [0.2, 0.25) is 0 Å². The van der Waals surface area contributed by atoms with Gasteiger partial charge in [0.25, 0.3) is 11.5 Å². The number of amides is 1. The predicted molar refractivity (Wildman–Crippen MR) is 147 cm³/mol. The van der Waals surface area contributed by atoms with Crippen LogP contribution in [0, 0.1) is 20.8 Å². The molecule has 4 rings (SSSR count). The number of nitrogens with two attached hydrogens (primary N) is 1. The number of hydrogen-bond donors (Lipinski definition) is 2. The van der Waals surface area contributed by atoms with Gasteiger partial charge >= 0.3 is 0 Å². The van der Waals surface area contributed by atoms with Gasteiger partial charge in [-0.2, -0.15) is 0 Å². The molecule has 35 heavy (non-hydrogen) atoms. The number of aryl methyl sites for hydroxylation is 3. The number of anilines is 1. The SMILES string of the molecule is Cc1ccc(NC(=O)c2sc3nc(SCc4ccc(C(C)(C)C)cc4)n(N)c(=O)c3c2C)c(C)c1. The average molecular weight is 507 g/mol. The monoisotopic (exact) mass is 506 g/mol. The second kappa shape index (κ2) is 9.51. The molecule has 0 fully saturated rings. The van der Waals surface area contributed by atoms with Crippen LogP contribution in [0.5, 0.6) is 0 Å². The minimum Gasteiger partial charge on any atom is -0.334 e. The van der Waals surface area contributed by atoms with Crippen molar-refractivity contribution >= 4 is 44.9 Å². The number of aromatic nitrogens is 2. The zero-order valence-corrected chi connectivity index (χ0v) is 22.5. The van der Waals surface area contributed by atoms with Crippen molar-refractivity contribution in [1.82, 2.24) is 9.66 Å². The van der Waals surface area contributed by atoms with Crippen LogP contribution in [0.25, 0.3) is 10.2 Å². The summed E-state index contributed by atoms with van der Waals surface area (Å²) in [7, 11) is 0. The third-order valence-electron chi connectivity index (χ3n) is 5.99. The molecule has 182 valence electrons. The van der Waals surface area contributed by atoms with Crippen LogP contribution in [0.3, 0.4) is 0 Å². The minimum atomic E-state index is -0.347. The van der Waals surface area contributed by atoms with Crippen LogP contribution in [-0.4, -0.2) is 15.6 Å². The van der Waals surface area contributed by atoms with Crippen LogP contribution in [0.1, 0.15) is 58.3 Å². The number of thiophene rings is 1. The Morgan fingerprint density at radius 2 is 1.80 bits per heavy atom. The fourth-order valence-electron chi connectivity index (χ4n) is 3.88. The number of nitrogen functional groups attached to an aromatic ring is 1. The maximum atomic E-state index is 13.1. The van der Waals surface area contributed by atoms with Gasteiger partial charge < -0.3 is 11.2 Å². The molecule has 0 saturated carbocycles. The minimum absolute atomic E-state index is 0.0924. The molecule has 0 radical (unpaired) electrons. The van der Waals surface area contributed by atoms with Crippen molar-refractivity contribution in [1.29, 1.82) is 0 Å². The molecule has 0 aliphatic heterocycles. The van der Waals surface area contributed by atoms with E-state index >= 15 is 0 Å². The van der Waals surface area contributed by atoms with E-state index in [1.54, 1.807) is 6.92 Å². The van der Waals surface area contributed by atoms with E-state index in [-0.39, 0.29) is 16.9 Å². The van der Waals surface area contributed by atoms with E-state index in [1.807, 2.05) is 32.0 Å². The lowest BCUT2D eigenvalue weighted by Gasteiger charge is -2.19. The summed E-state index contributed by atoms with van der Waals surface area (Å²) in [6.45, 7) is 12.3. The number of thioether (sulfide) groups is 1. The Morgan fingerprint density at radius 1 is 1.11 bits per heavy atom. The van der Waals surface area contributed by atoms with Gasteiger partial charge in [0.1, 0.15) is 4.83 Å². The molecular weight excluding hydrogens is 476 g/mol. The van der Waals surface area contributed by atoms with Crippen molar-refractivity contribution in [3.05, 3.63) is 85.5 Å². The smallest absolute Gasteiger partial charge is 0.281 e. The fraction of sp³-hybridized carbons (Fsp3) is 0.296. The first-order chi connectivity index (χ1) is 16.5. The van der Waals surface area contributed by atoms with Gasteiger partial charge in [0.15, 0.2) is 5.16 Å². The zero-order chi connectivity index (χ0) is 25.5. The zero-order valence-electron chi connectivity index (χ0n) is 20.9. The number of nitrogens with zero attached hydrogens (tertiary/aromatic N) is 2. The Balaban J connectivity index is 1.60. The molecule has 0 bridgehead atoms. The van der Waals surface area contributed by atoms with E-state index in [0.29, 0.717) is 31.6 Å². The molecule has 0 unspecified atom stereocenters. The highest BCUT2D eigenvalue weighted by molar-refractivity contribution is 7.98. The molecule has 6 nitrogen and oxygen atoms in total. The topological polar surface area (TPSA) is 90.0 Å². The maximum Gasteiger partial charge on any atom is 0.281 e. The van der Waals surface area contributed by atoms with Crippen LogP contribution in [0.4, 0.5) is 5.69 Å². The number of carbonyl (C=O) groups is 1. The summed E-state index contributed by atoms with van der Waals surface area (Å²) in [4.78, 5) is 31.8. The first-order valence-electron chi connectivity index (χ1n) is 11.4. The summed E-state index contributed by atoms with van der Waals surface area (Å²) in [5, 5.41) is 3.78. The molecule has 0 spiro atoms. The number of carbonyl (C=O) groups excluding carboxylic acids is 1. The molecule has 0 aliphatic carbocycles. The van der Waals surface area contributed by atoms with Gasteiger partial charge in [-0.15, -0.1) is 11.3 Å². The maximum absolute atomic E-state index is 13.1. The van der Waals surface area contributed by atoms with E-state index in [4.69, 9.17) is 5.84 Å². The van der Waals surface area contributed by atoms with E-state index < -0.39 is 0 Å². The number of hydrogen-bond acceptors (Lipinski definition) is 6. The quantitative estimate of drug-likeness (QED) is 0.199. The molecule has 0 saturated heterocycles. The summed E-state index contributed by atoms with van der Waals surface area (Å²) < 4.78 is 1.09. The molecule has 2 aromatic heterocycles. The molecule has 3 N–H and O–H groups in total. The largest absolute Gasteiger partial charge is 0.334 e. The third-order valence-corrected chi connectivity index (χ3v) is 8.20. The van der Waals surface area contributed by atoms with Gasteiger partial charge in [-0.1, -0.05) is 74.5 Å². The van der Waals surface area contributed by atoms with Crippen LogP contribution < -0.4 is 16.7 Å². The molecule has 4 aromatic rings. The second-order valence-electron chi connectivity index (χ2n) is 9.81. The molecular formula is C27H30N4O2S2. The third kappa shape index (κ3) is 5.13. The van der Waals surface area contributed by atoms with Crippen LogP contribution in [0.15, 0.2) is 52.4 Å². The highest BCUT2D eigenvalue weighted by atomic mass is 32.2. The summed E-state index contributed by atoms with van der Waals surface area (Å²) in [5.41, 5.74) is 5.58. The molecule has 2 aromatic carbocycles. The Hall–Kier alpha value is -3.10. The van der Waals surface area contributed by atoms with E-state index in [0.717, 1.165) is 27.1 Å². The van der Waals surface area contributed by atoms with Crippen molar-refractivity contribution in [3.8, 4) is 0 Å². The molecule has 0 atom stereocenters. The van der Waals surface area contributed by atoms with Crippen molar-refractivity contribution in [2.45, 2.75) is 57.9 Å². The average Bonchev–Trinajstić information content (AvgIpc) is 3.13. The Bertz CT molecular complexity index is 1480. The second-order valence-corrected chi connectivity index (χ2v) is 11.8. The summed E-state index contributed by atoms with van der Waals surface area (Å²) in [5.74, 6) is 6.50. The first-order valence-corrected chi connectivity index (χ1v) is 13.2. The summed E-state index contributed by atoms with van der Waals surface area (Å²) in [6.07, 6.45) is 0. The lowest BCUT2D eigenvalue weighted by Crippen LogP contribution is -2.29. The Labute approximate surface area is 213 Å². The summed E-state index contributed by atoms with van der Waals surface area (Å²) >= 11 is 2.62. The van der Waals surface area contributed by atoms with Gasteiger partial charge in [-0.3, -0.25) is 9.59 Å². The van der Waals surface area contributed by atoms with Crippen molar-refractivity contribution < 1.29 is 4.79 Å². The number of fused-ring (bicyclic) bond motifs is 1. The normalized spacial score (nSPS) is 11.7. The fourth-order valence-corrected chi connectivity index (χ4v) is 5.87. The van der Waals surface area contributed by atoms with Gasteiger partial charge in [-0.25, -0.2) is 9.66 Å². The van der Waals surface area contributed by atoms with Gasteiger partial charge in [0, 0.05) is 11.4 Å². The van der Waals surface area contributed by atoms with Crippen LogP contribution in [-0.2, 0) is 11.2 Å². The Morgan fingerprint density at radius 3 is 2.43 bits per heavy atom. The highest BCUT2D eigenvalue weighted by Gasteiger charge is 2.22. The van der Waals surface area contributed by atoms with Gasteiger partial charge in [0.2, 0.25) is 0 Å². The van der Waals surface area contributed by atoms with Crippen molar-refractivity contribution in [3.63, 3.8) is 0 Å². The highest BCUT2D eigenvalue weighted by Crippen LogP contribution is 2.31. The van der Waals surface area contributed by atoms with E-state index in [1.165, 1.54) is 28.7 Å². The van der Waals surface area contributed by atoms with Gasteiger partial charge in [0.05, 0.1) is 10.3 Å². The molecule has 0 aliphatic rings. The van der Waals surface area contributed by atoms with Gasteiger partial charge in [-0.05, 0) is 54.5 Å². The molecule has 1 amide bonds. The number of rotatable bonds is 5. The lowest BCUT2D eigenvalue weighted by atomic mass is 9.87. The lowest BCUT2D eigenvalue weighted by molar-refractivity contribution is 0.103. The molecule has 8 heteroatoms. The number of benzene rings is 2. The Kier molecular flexibility index (Phi) is 6.79. The standard InChI is InChI=1S/C27H30N4O2S2/c1-15-7-12-20(16(2)13-15)29-23(32)22-17(3)21-24(35-22)30-26(31(28)25(21)33)34-14-18-8-10-19(11-9-18)27(4,5)6/h7-13H,14,28H2,1-6H3,(H,29,32).